The lowest BCUT2D eigenvalue weighted by atomic mass is 10.1. The van der Waals surface area contributed by atoms with E-state index < -0.39 is 10.5 Å². The number of methoxy groups -OCH3 is 1. The molecule has 0 aliphatic rings. The second kappa shape index (κ2) is 5.29. The number of hydrogen-bond acceptors (Lipinski definition) is 5. The summed E-state index contributed by atoms with van der Waals surface area (Å²) in [5.74, 6) is 0.146. The van der Waals surface area contributed by atoms with Gasteiger partial charge in [-0.2, -0.15) is 0 Å². The molecule has 0 aromatic carbocycles. The summed E-state index contributed by atoms with van der Waals surface area (Å²) in [5, 5.41) is 13.8. The van der Waals surface area contributed by atoms with Crippen LogP contribution in [0.5, 0.6) is 0 Å². The van der Waals surface area contributed by atoms with E-state index in [1.165, 1.54) is 12.1 Å². The lowest BCUT2D eigenvalue weighted by Gasteiger charge is -2.23. The minimum Gasteiger partial charge on any atom is -0.377 e. The predicted molar refractivity (Wildman–Crippen MR) is 65.5 cm³/mol. The van der Waals surface area contributed by atoms with Crippen LogP contribution in [0.25, 0.3) is 0 Å². The number of nitrogens with one attached hydrogen (secondary N) is 1. The largest absolute Gasteiger partial charge is 0.377 e. The van der Waals surface area contributed by atoms with E-state index in [1.54, 1.807) is 7.11 Å². The van der Waals surface area contributed by atoms with E-state index in [0.717, 1.165) is 0 Å². The van der Waals surface area contributed by atoms with Crippen LogP contribution in [0.4, 0.5) is 11.5 Å². The van der Waals surface area contributed by atoms with Gasteiger partial charge in [0, 0.05) is 19.7 Å². The van der Waals surface area contributed by atoms with Gasteiger partial charge in [-0.3, -0.25) is 10.1 Å². The average molecular weight is 260 g/mol. The van der Waals surface area contributed by atoms with Crippen LogP contribution in [0.1, 0.15) is 13.8 Å². The van der Waals surface area contributed by atoms with Crippen LogP contribution in [0, 0.1) is 10.1 Å². The third kappa shape index (κ3) is 3.83. The molecule has 1 rings (SSSR count). The van der Waals surface area contributed by atoms with Crippen molar-refractivity contribution in [3.05, 3.63) is 27.4 Å². The fourth-order valence-electron chi connectivity index (χ4n) is 1.07. The van der Waals surface area contributed by atoms with Crippen molar-refractivity contribution < 1.29 is 9.66 Å². The lowest BCUT2D eigenvalue weighted by Crippen LogP contribution is -2.32. The molecule has 0 aliphatic carbocycles. The molecule has 0 atom stereocenters. The minimum atomic E-state index is -0.508. The van der Waals surface area contributed by atoms with Gasteiger partial charge in [0.25, 0.3) is 0 Å². The summed E-state index contributed by atoms with van der Waals surface area (Å²) in [4.78, 5) is 14.2. The Kier molecular flexibility index (Phi) is 4.25. The standard InChI is InChI=1S/C10H14ClN3O3/c1-10(2,17-3)6-12-9-7(14(15)16)4-5-8(11)13-9/h4-5H,6H2,1-3H3,(H,12,13). The van der Waals surface area contributed by atoms with Crippen LogP contribution in [0.2, 0.25) is 5.15 Å². The maximum Gasteiger partial charge on any atom is 0.311 e. The van der Waals surface area contributed by atoms with E-state index in [-0.39, 0.29) is 16.7 Å². The van der Waals surface area contributed by atoms with Gasteiger partial charge in [0.1, 0.15) is 5.15 Å². The fraction of sp³-hybridized carbons (Fsp3) is 0.500. The second-order valence-corrected chi connectivity index (χ2v) is 4.46. The first-order valence-corrected chi connectivity index (χ1v) is 5.33. The maximum absolute atomic E-state index is 10.8. The predicted octanol–water partition coefficient (Wildman–Crippen LogP) is 2.48. The number of anilines is 1. The molecule has 0 saturated carbocycles. The van der Waals surface area contributed by atoms with Gasteiger partial charge in [-0.05, 0) is 19.9 Å². The monoisotopic (exact) mass is 259 g/mol. The molecule has 0 unspecified atom stereocenters. The highest BCUT2D eigenvalue weighted by Gasteiger charge is 2.20. The topological polar surface area (TPSA) is 77.3 Å². The number of hydrogen-bond donors (Lipinski definition) is 1. The normalized spacial score (nSPS) is 11.3. The molecule has 1 N–H and O–H groups in total. The molecular formula is C10H14ClN3O3. The van der Waals surface area contributed by atoms with Crippen LogP contribution < -0.4 is 5.32 Å². The van der Waals surface area contributed by atoms with E-state index >= 15 is 0 Å². The van der Waals surface area contributed by atoms with Gasteiger partial charge in [-0.1, -0.05) is 11.6 Å². The molecule has 17 heavy (non-hydrogen) atoms. The number of ether oxygens (including phenoxy) is 1. The average Bonchev–Trinajstić information content (AvgIpc) is 2.26. The molecule has 7 heteroatoms. The zero-order valence-electron chi connectivity index (χ0n) is 9.86. The van der Waals surface area contributed by atoms with Gasteiger partial charge < -0.3 is 10.1 Å². The van der Waals surface area contributed by atoms with E-state index in [2.05, 4.69) is 10.3 Å². The molecule has 1 aromatic rings. The second-order valence-electron chi connectivity index (χ2n) is 4.08. The van der Waals surface area contributed by atoms with Crippen molar-refractivity contribution >= 4 is 23.1 Å². The number of rotatable bonds is 5. The molecule has 94 valence electrons. The number of nitrogens with zero attached hydrogens (tertiary/aromatic N) is 2. The van der Waals surface area contributed by atoms with Gasteiger partial charge in [-0.25, -0.2) is 4.98 Å². The highest BCUT2D eigenvalue weighted by Crippen LogP contribution is 2.24. The number of nitro groups is 1. The zero-order chi connectivity index (χ0) is 13.1. The SMILES string of the molecule is COC(C)(C)CNc1nc(Cl)ccc1[N+](=O)[O-]. The van der Waals surface area contributed by atoms with Gasteiger partial charge in [0.05, 0.1) is 10.5 Å². The first kappa shape index (κ1) is 13.7. The Labute approximate surface area is 104 Å². The summed E-state index contributed by atoms with van der Waals surface area (Å²) in [5.41, 5.74) is -0.556. The van der Waals surface area contributed by atoms with Crippen molar-refractivity contribution in [2.75, 3.05) is 19.0 Å². The minimum absolute atomic E-state index is 0.110. The zero-order valence-corrected chi connectivity index (χ0v) is 10.6. The molecule has 0 aliphatic heterocycles. The van der Waals surface area contributed by atoms with Crippen LogP contribution in [0.3, 0.4) is 0 Å². The Balaban J connectivity index is 2.89. The van der Waals surface area contributed by atoms with E-state index in [1.807, 2.05) is 13.8 Å². The summed E-state index contributed by atoms with van der Waals surface area (Å²) in [7, 11) is 1.57. The molecule has 0 spiro atoms. The van der Waals surface area contributed by atoms with E-state index in [0.29, 0.717) is 6.54 Å². The summed E-state index contributed by atoms with van der Waals surface area (Å²) in [6.07, 6.45) is 0. The highest BCUT2D eigenvalue weighted by atomic mass is 35.5. The van der Waals surface area contributed by atoms with Crippen LogP contribution in [-0.4, -0.2) is 29.2 Å². The quantitative estimate of drug-likeness (QED) is 0.499. The lowest BCUT2D eigenvalue weighted by molar-refractivity contribution is -0.384. The Bertz CT molecular complexity index is 423. The molecule has 6 nitrogen and oxygen atoms in total. The van der Waals surface area contributed by atoms with Crippen molar-refractivity contribution in [2.45, 2.75) is 19.4 Å². The van der Waals surface area contributed by atoms with Crippen LogP contribution in [-0.2, 0) is 4.74 Å². The molecular weight excluding hydrogens is 246 g/mol. The van der Waals surface area contributed by atoms with E-state index in [9.17, 15) is 10.1 Å². The van der Waals surface area contributed by atoms with Crippen molar-refractivity contribution in [1.29, 1.82) is 0 Å². The Morgan fingerprint density at radius 2 is 2.24 bits per heavy atom. The Morgan fingerprint density at radius 3 is 2.76 bits per heavy atom. The first-order valence-electron chi connectivity index (χ1n) is 4.96. The van der Waals surface area contributed by atoms with Gasteiger partial charge in [-0.15, -0.1) is 0 Å². The molecule has 1 aromatic heterocycles. The molecule has 0 bridgehead atoms. The summed E-state index contributed by atoms with van der Waals surface area (Å²) in [6, 6.07) is 2.70. The number of pyridine rings is 1. The van der Waals surface area contributed by atoms with Crippen molar-refractivity contribution in [3.8, 4) is 0 Å². The molecule has 0 radical (unpaired) electrons. The van der Waals surface area contributed by atoms with Gasteiger partial charge >= 0.3 is 5.69 Å². The third-order valence-electron chi connectivity index (χ3n) is 2.27. The third-order valence-corrected chi connectivity index (χ3v) is 2.48. The van der Waals surface area contributed by atoms with Crippen LogP contribution >= 0.6 is 11.6 Å². The van der Waals surface area contributed by atoms with Gasteiger partial charge in [0.15, 0.2) is 0 Å². The molecule has 1 heterocycles. The first-order chi connectivity index (χ1) is 7.85. The summed E-state index contributed by atoms with van der Waals surface area (Å²) in [6.45, 7) is 4.10. The molecule has 0 amide bonds. The highest BCUT2D eigenvalue weighted by molar-refractivity contribution is 6.29. The maximum atomic E-state index is 10.8. The Hall–Kier alpha value is -1.40. The fourth-order valence-corrected chi connectivity index (χ4v) is 1.22. The van der Waals surface area contributed by atoms with Crippen molar-refractivity contribution in [1.82, 2.24) is 4.98 Å². The smallest absolute Gasteiger partial charge is 0.311 e. The van der Waals surface area contributed by atoms with E-state index in [4.69, 9.17) is 16.3 Å². The van der Waals surface area contributed by atoms with Crippen molar-refractivity contribution in [2.24, 2.45) is 0 Å². The molecule has 0 saturated heterocycles. The molecule has 0 fully saturated rings. The summed E-state index contributed by atoms with van der Waals surface area (Å²) < 4.78 is 5.20. The van der Waals surface area contributed by atoms with Gasteiger partial charge in [0.2, 0.25) is 5.82 Å². The summed E-state index contributed by atoms with van der Waals surface area (Å²) >= 11 is 5.70. The number of aromatic nitrogens is 1. The Morgan fingerprint density at radius 1 is 1.59 bits per heavy atom. The van der Waals surface area contributed by atoms with Crippen molar-refractivity contribution in [3.63, 3.8) is 0 Å². The number of halogens is 1. The van der Waals surface area contributed by atoms with Crippen LogP contribution in [0.15, 0.2) is 12.1 Å².